The number of hydrogen-bond acceptors (Lipinski definition) is 13. The molecule has 4 aliphatic heterocycles. The molecule has 4 aliphatic rings. The summed E-state index contributed by atoms with van der Waals surface area (Å²) < 4.78 is 93.5. The first kappa shape index (κ1) is 32.9. The predicted molar refractivity (Wildman–Crippen MR) is 164 cm³/mol. The van der Waals surface area contributed by atoms with E-state index in [9.17, 15) is 28.2 Å². The number of rotatable bonds is 2. The number of H-pyrrole nitrogens is 1. The number of aliphatic hydroxyl groups is 1. The van der Waals surface area contributed by atoms with Crippen molar-refractivity contribution >= 4 is 63.7 Å². The number of aryl methyl sites for hydroxylation is 1. The number of amides is 1. The fourth-order valence-corrected chi connectivity index (χ4v) is 8.62. The Kier molecular flexibility index (Phi) is 8.01. The predicted octanol–water partition coefficient (Wildman–Crippen LogP) is 1.66. The Balaban J connectivity index is 1.08. The van der Waals surface area contributed by atoms with Gasteiger partial charge in [0.25, 0.3) is 20.5 Å². The molecule has 23 heteroatoms. The van der Waals surface area contributed by atoms with Crippen molar-refractivity contribution in [3.63, 3.8) is 0 Å². The van der Waals surface area contributed by atoms with Gasteiger partial charge in [0, 0.05) is 30.4 Å². The largest absolute Gasteiger partial charge is 0.386 e. The Morgan fingerprint density at radius 2 is 1.57 bits per heavy atom. The van der Waals surface area contributed by atoms with Crippen molar-refractivity contribution in [3.8, 4) is 0 Å². The maximum absolute atomic E-state index is 16.0. The third-order valence-electron chi connectivity index (χ3n) is 8.76. The summed E-state index contributed by atoms with van der Waals surface area (Å²) in [5.74, 6) is -1.19. The van der Waals surface area contributed by atoms with Crippen molar-refractivity contribution in [2.75, 3.05) is 18.5 Å². The van der Waals surface area contributed by atoms with E-state index in [-0.39, 0.29) is 18.0 Å². The van der Waals surface area contributed by atoms with E-state index in [2.05, 4.69) is 20.3 Å². The Morgan fingerprint density at radius 3 is 2.33 bits per heavy atom. The van der Waals surface area contributed by atoms with Crippen LogP contribution in [0.4, 0.5) is 14.5 Å². The topological polar surface area (TPSA) is 207 Å². The molecule has 0 aromatic carbocycles. The first-order chi connectivity index (χ1) is 23.3. The molecule has 17 nitrogen and oxygen atoms in total. The van der Waals surface area contributed by atoms with Gasteiger partial charge in [-0.1, -0.05) is 0 Å². The number of ether oxygens (including phenoxy) is 2. The average Bonchev–Trinajstić information content (AvgIpc) is 3.73. The Bertz CT molecular complexity index is 2150. The van der Waals surface area contributed by atoms with E-state index < -0.39 is 94.1 Å². The third-order valence-corrected chi connectivity index (χ3v) is 10.8. The van der Waals surface area contributed by atoms with Crippen LogP contribution in [-0.4, -0.2) is 100 Å². The van der Waals surface area contributed by atoms with Gasteiger partial charge in [0.2, 0.25) is 21.0 Å². The molecule has 1 amide bonds. The summed E-state index contributed by atoms with van der Waals surface area (Å²) in [4.78, 5) is 34.9. The zero-order chi connectivity index (χ0) is 34.4. The van der Waals surface area contributed by atoms with Crippen LogP contribution in [0.2, 0.25) is 0 Å². The zero-order valence-electron chi connectivity index (χ0n) is 25.0. The zero-order valence-corrected chi connectivity index (χ0v) is 26.7. The highest BCUT2D eigenvalue weighted by molar-refractivity contribution is 7.79. The van der Waals surface area contributed by atoms with Gasteiger partial charge >= 0.3 is 0 Å². The quantitative estimate of drug-likeness (QED) is 0.199. The lowest BCUT2D eigenvalue weighted by Gasteiger charge is -2.30. The Labute approximate surface area is 276 Å². The monoisotopic (exact) mass is 718 g/mol. The van der Waals surface area contributed by atoms with E-state index >= 15 is 4.39 Å². The van der Waals surface area contributed by atoms with Crippen LogP contribution in [0, 0.1) is 5.82 Å². The van der Waals surface area contributed by atoms with E-state index in [1.807, 2.05) is 0 Å². The van der Waals surface area contributed by atoms with Crippen LogP contribution in [0.15, 0.2) is 35.8 Å². The number of alkyl halides is 1. The maximum atomic E-state index is 16.0. The molecule has 254 valence electrons. The number of nitrogens with zero attached hydrogens (tertiary/aromatic N) is 4. The smallest absolute Gasteiger partial charge is 0.264 e. The number of carbonyl (C=O) groups is 1. The van der Waals surface area contributed by atoms with Crippen LogP contribution >= 0.6 is 14.9 Å². The number of nitrogens with one attached hydrogen (secondary N) is 2. The third kappa shape index (κ3) is 5.70. The van der Waals surface area contributed by atoms with Crippen molar-refractivity contribution in [3.05, 3.63) is 52.7 Å². The number of aromatic nitrogens is 5. The molecule has 10 atom stereocenters. The summed E-state index contributed by atoms with van der Waals surface area (Å²) in [6, 6.07) is 1.64. The lowest BCUT2D eigenvalue weighted by Crippen LogP contribution is -2.38. The van der Waals surface area contributed by atoms with Gasteiger partial charge in [-0.15, -0.1) is 0 Å². The van der Waals surface area contributed by atoms with E-state index in [1.165, 1.54) is 10.8 Å². The molecule has 8 rings (SSSR count). The summed E-state index contributed by atoms with van der Waals surface area (Å²) in [5.41, 5.74) is 0.513. The van der Waals surface area contributed by atoms with Crippen molar-refractivity contribution in [2.24, 2.45) is 0 Å². The lowest BCUT2D eigenvalue weighted by molar-refractivity contribution is -0.116. The molecular weight excluding hydrogens is 694 g/mol. The van der Waals surface area contributed by atoms with Crippen molar-refractivity contribution in [2.45, 2.75) is 62.0 Å². The second-order valence-electron chi connectivity index (χ2n) is 11.9. The van der Waals surface area contributed by atoms with Crippen LogP contribution < -0.4 is 10.9 Å². The first-order valence-electron chi connectivity index (χ1n) is 14.9. The van der Waals surface area contributed by atoms with E-state index in [0.29, 0.717) is 23.1 Å². The number of fused-ring (bicyclic) bond motifs is 3. The first-order valence-corrected chi connectivity index (χ1v) is 18.1. The number of aromatic amines is 1. The number of carbonyl (C=O) groups excluding carboxylic acids is 1. The number of halogens is 2. The molecule has 4 aromatic rings. The summed E-state index contributed by atoms with van der Waals surface area (Å²) in [7, 11) is 2.52. The van der Waals surface area contributed by atoms with E-state index in [4.69, 9.17) is 42.7 Å². The van der Waals surface area contributed by atoms with E-state index in [0.717, 1.165) is 22.7 Å². The van der Waals surface area contributed by atoms with Crippen LogP contribution in [0.5, 0.6) is 0 Å². The number of anilines is 1. The maximum Gasteiger partial charge on any atom is 0.264 e. The number of aliphatic hydroxyl groups excluding tert-OH is 1. The summed E-state index contributed by atoms with van der Waals surface area (Å²) in [5, 5.41) is 14.4. The van der Waals surface area contributed by atoms with Crippen molar-refractivity contribution < 1.29 is 55.4 Å². The van der Waals surface area contributed by atoms with Gasteiger partial charge < -0.3 is 47.5 Å². The molecule has 8 heterocycles. The minimum absolute atomic E-state index is 0.174. The molecular formula is C26H24B2F2N6O11P2. The van der Waals surface area contributed by atoms with Crippen molar-refractivity contribution in [1.29, 1.82) is 0 Å². The summed E-state index contributed by atoms with van der Waals surface area (Å²) in [6.45, 7) is -1.47. The fourth-order valence-electron chi connectivity index (χ4n) is 6.59. The summed E-state index contributed by atoms with van der Waals surface area (Å²) >= 11 is 0. The highest BCUT2D eigenvalue weighted by Crippen LogP contribution is 2.54. The molecule has 3 N–H and O–H groups in total. The molecule has 4 radical (unpaired) electrons. The van der Waals surface area contributed by atoms with Gasteiger partial charge in [0.1, 0.15) is 41.6 Å². The molecule has 4 unspecified atom stereocenters. The minimum atomic E-state index is -4.66. The lowest BCUT2D eigenvalue weighted by atomic mass is 10.1. The van der Waals surface area contributed by atoms with Gasteiger partial charge in [0.05, 0.1) is 25.2 Å². The SMILES string of the molecule is [B]P1(=O)OC[C@H]2O[C@@H](n3cc(F)c4c(=O)[nH]cnc43)C(F)[C@H]2OP([B])(=O)OC[C@H]2O[C@@H](n3cc4c5c(ccnc53)NC(=O)CC4)[C@@H](O)C2O1. The van der Waals surface area contributed by atoms with Gasteiger partial charge in [-0.05, 0) is 18.1 Å². The van der Waals surface area contributed by atoms with Crippen LogP contribution in [0.25, 0.3) is 22.1 Å². The number of hydrogen-bond donors (Lipinski definition) is 3. The van der Waals surface area contributed by atoms with Gasteiger partial charge in [-0.25, -0.2) is 18.7 Å². The van der Waals surface area contributed by atoms with Crippen LogP contribution in [0.3, 0.4) is 0 Å². The molecule has 3 fully saturated rings. The normalized spacial score (nSPS) is 36.8. The Hall–Kier alpha value is -3.25. The van der Waals surface area contributed by atoms with Gasteiger partial charge in [-0.3, -0.25) is 23.3 Å². The molecule has 49 heavy (non-hydrogen) atoms. The highest BCUT2D eigenvalue weighted by atomic mass is 31.2. The molecule has 4 aromatic heterocycles. The molecule has 0 aliphatic carbocycles. The minimum Gasteiger partial charge on any atom is -0.386 e. The molecule has 0 saturated carbocycles. The van der Waals surface area contributed by atoms with Gasteiger partial charge in [-0.2, -0.15) is 0 Å². The second-order valence-corrected chi connectivity index (χ2v) is 15.0. The highest BCUT2D eigenvalue weighted by Gasteiger charge is 2.53. The number of pyridine rings is 1. The second kappa shape index (κ2) is 11.9. The van der Waals surface area contributed by atoms with Gasteiger partial charge in [0.15, 0.2) is 30.1 Å². The average molecular weight is 718 g/mol. The Morgan fingerprint density at radius 1 is 0.918 bits per heavy atom. The standard InChI is InChI=1S/C26H24B2F2N6O11P2/c27-48(40)43-8-14-21(19(38)26(45-14)35-5-10-1-2-15(37)34-12-3-4-31-22(35)16(10)12)47-49(28,41)42-7-13-20(46-48)18(30)25(44-13)36-6-11(29)17-23(36)32-9-33-24(17)39/h3-6,9,13-14,18-21,25-26,38H,1-2,7-8H2,(H,34,37)(H,32,33,39)/t13-,14-,18?,19+,20+,21?,25-,26-,48?,49?/m1/s1. The molecule has 0 bridgehead atoms. The van der Waals surface area contributed by atoms with Crippen molar-refractivity contribution in [1.82, 2.24) is 24.1 Å². The summed E-state index contributed by atoms with van der Waals surface area (Å²) in [6.07, 6.45) is -7.52. The molecule has 3 saturated heterocycles. The van der Waals surface area contributed by atoms with Crippen LogP contribution in [-0.2, 0) is 47.9 Å². The van der Waals surface area contributed by atoms with E-state index in [1.54, 1.807) is 12.3 Å². The van der Waals surface area contributed by atoms with Crippen LogP contribution in [0.1, 0.15) is 24.4 Å². The fraction of sp³-hybridized carbons (Fsp3) is 0.462. The molecule has 0 spiro atoms.